The SMILES string of the molecule is C=CC(=O)N1CCN2c3nc(=O)n(-c4c(C)ccnc4C(C)C)c4nc(-c5c(F)cccc5OC)c(Cl)c(c34)OCC2C1. The van der Waals surface area contributed by atoms with Crippen molar-refractivity contribution in [2.45, 2.75) is 32.7 Å². The first-order chi connectivity index (χ1) is 20.7. The van der Waals surface area contributed by atoms with Crippen LogP contribution in [0.3, 0.4) is 0 Å². The lowest BCUT2D eigenvalue weighted by molar-refractivity contribution is -0.126. The maximum absolute atomic E-state index is 15.5. The Morgan fingerprint density at radius 2 is 2.05 bits per heavy atom. The number of rotatable bonds is 5. The lowest BCUT2D eigenvalue weighted by Gasteiger charge is -2.40. The molecule has 1 unspecified atom stereocenters. The molecule has 1 fully saturated rings. The van der Waals surface area contributed by atoms with Crippen molar-refractivity contribution in [2.24, 2.45) is 0 Å². The van der Waals surface area contributed by atoms with E-state index in [1.54, 1.807) is 17.2 Å². The van der Waals surface area contributed by atoms with Crippen LogP contribution in [-0.2, 0) is 4.79 Å². The van der Waals surface area contributed by atoms with Gasteiger partial charge in [-0.1, -0.05) is 38.1 Å². The molecule has 0 saturated carbocycles. The van der Waals surface area contributed by atoms with Gasteiger partial charge in [0.1, 0.15) is 40.1 Å². The van der Waals surface area contributed by atoms with E-state index in [0.717, 1.165) is 5.56 Å². The van der Waals surface area contributed by atoms with Crippen LogP contribution in [0.5, 0.6) is 11.5 Å². The van der Waals surface area contributed by atoms with Crippen molar-refractivity contribution >= 4 is 34.4 Å². The van der Waals surface area contributed by atoms with E-state index in [9.17, 15) is 9.59 Å². The van der Waals surface area contributed by atoms with Crippen LogP contribution in [0.2, 0.25) is 5.02 Å². The van der Waals surface area contributed by atoms with Gasteiger partial charge in [0.05, 0.1) is 30.1 Å². The van der Waals surface area contributed by atoms with Gasteiger partial charge in [-0.15, -0.1) is 0 Å². The summed E-state index contributed by atoms with van der Waals surface area (Å²) in [6.07, 6.45) is 2.97. The van der Waals surface area contributed by atoms with Gasteiger partial charge in [-0.3, -0.25) is 9.78 Å². The van der Waals surface area contributed by atoms with Gasteiger partial charge in [-0.25, -0.2) is 18.7 Å². The molecule has 0 N–H and O–H groups in total. The van der Waals surface area contributed by atoms with Gasteiger partial charge < -0.3 is 19.3 Å². The van der Waals surface area contributed by atoms with E-state index in [2.05, 4.69) is 16.5 Å². The first-order valence-corrected chi connectivity index (χ1v) is 14.3. The number of ether oxygens (including phenoxy) is 2. The molecule has 0 bridgehead atoms. The van der Waals surface area contributed by atoms with E-state index in [0.29, 0.717) is 42.2 Å². The van der Waals surface area contributed by atoms with E-state index >= 15 is 4.39 Å². The van der Waals surface area contributed by atoms with Crippen molar-refractivity contribution in [3.8, 4) is 28.4 Å². The van der Waals surface area contributed by atoms with E-state index in [1.807, 2.05) is 31.7 Å². The summed E-state index contributed by atoms with van der Waals surface area (Å²) in [6, 6.07) is 5.89. The number of methoxy groups -OCH3 is 1. The van der Waals surface area contributed by atoms with Crippen LogP contribution in [0, 0.1) is 12.7 Å². The molecule has 0 spiro atoms. The van der Waals surface area contributed by atoms with Crippen molar-refractivity contribution in [3.63, 3.8) is 0 Å². The average molecular weight is 605 g/mol. The third kappa shape index (κ3) is 4.58. The number of carbonyl (C=O) groups is 1. The number of fused-ring (bicyclic) bond motifs is 2. The minimum absolute atomic E-state index is 0.0332. The van der Waals surface area contributed by atoms with Gasteiger partial charge in [0.2, 0.25) is 5.91 Å². The maximum Gasteiger partial charge on any atom is 0.355 e. The standard InChI is InChI=1S/C31H30ClFN6O4/c1-6-21(40)37-12-13-38-18(14-37)15-43-28-23-29(38)36-31(41)39(27-17(4)10-11-34-25(27)16(2)3)30(23)35-26(24(28)32)22-19(33)8-7-9-20(22)42-5/h6-11,16,18H,1,12-15H2,2-5H3. The molecular formula is C31H30ClFN6O4. The quantitative estimate of drug-likeness (QED) is 0.303. The van der Waals surface area contributed by atoms with E-state index in [1.165, 1.54) is 29.9 Å². The monoisotopic (exact) mass is 604 g/mol. The number of hydrogen-bond acceptors (Lipinski definition) is 8. The minimum atomic E-state index is -0.603. The number of anilines is 1. The van der Waals surface area contributed by atoms with Crippen LogP contribution in [-0.4, -0.2) is 69.7 Å². The van der Waals surface area contributed by atoms with Crippen molar-refractivity contribution in [2.75, 3.05) is 38.3 Å². The second kappa shape index (κ2) is 11.0. The second-order valence-electron chi connectivity index (χ2n) is 10.8. The fraction of sp³-hybridized carbons (Fsp3) is 0.323. The number of amides is 1. The summed E-state index contributed by atoms with van der Waals surface area (Å²) in [6.45, 7) is 10.7. The van der Waals surface area contributed by atoms with Crippen LogP contribution in [0.25, 0.3) is 28.0 Å². The topological polar surface area (TPSA) is 103 Å². The zero-order valence-corrected chi connectivity index (χ0v) is 25.0. The van der Waals surface area contributed by atoms with E-state index in [4.69, 9.17) is 26.1 Å². The Labute approximate surface area is 252 Å². The Balaban J connectivity index is 1.72. The van der Waals surface area contributed by atoms with Gasteiger partial charge in [-0.05, 0) is 42.7 Å². The molecule has 1 saturated heterocycles. The summed E-state index contributed by atoms with van der Waals surface area (Å²) in [5.41, 5.74) is 1.69. The number of pyridine rings is 2. The normalized spacial score (nSPS) is 16.1. The molecule has 43 heavy (non-hydrogen) atoms. The first-order valence-electron chi connectivity index (χ1n) is 13.9. The molecule has 12 heteroatoms. The predicted octanol–water partition coefficient (Wildman–Crippen LogP) is 4.67. The van der Waals surface area contributed by atoms with E-state index < -0.39 is 11.5 Å². The number of aryl methyl sites for hydroxylation is 1. The third-order valence-corrected chi connectivity index (χ3v) is 8.27. The lowest BCUT2D eigenvalue weighted by atomic mass is 10.0. The molecule has 2 aliphatic rings. The average Bonchev–Trinajstić information content (AvgIpc) is 3.15. The lowest BCUT2D eigenvalue weighted by Crippen LogP contribution is -2.56. The number of aromatic nitrogens is 4. The molecular weight excluding hydrogens is 575 g/mol. The summed E-state index contributed by atoms with van der Waals surface area (Å²) in [5, 5.41) is 0.461. The Bertz CT molecular complexity index is 1860. The molecule has 5 heterocycles. The highest BCUT2D eigenvalue weighted by molar-refractivity contribution is 6.36. The largest absolute Gasteiger partial charge is 0.496 e. The Kier molecular flexibility index (Phi) is 7.29. The van der Waals surface area contributed by atoms with Gasteiger partial charge >= 0.3 is 5.69 Å². The minimum Gasteiger partial charge on any atom is -0.496 e. The number of nitrogens with zero attached hydrogens (tertiary/aromatic N) is 6. The molecule has 6 rings (SSSR count). The van der Waals surface area contributed by atoms with Crippen molar-refractivity contribution in [1.82, 2.24) is 24.4 Å². The Morgan fingerprint density at radius 3 is 2.77 bits per heavy atom. The molecule has 2 aliphatic heterocycles. The highest BCUT2D eigenvalue weighted by Gasteiger charge is 2.37. The molecule has 1 aromatic carbocycles. The summed E-state index contributed by atoms with van der Waals surface area (Å²) >= 11 is 7.02. The molecule has 0 radical (unpaired) electrons. The van der Waals surface area contributed by atoms with Crippen molar-refractivity contribution in [3.05, 3.63) is 75.7 Å². The maximum atomic E-state index is 15.5. The predicted molar refractivity (Wildman–Crippen MR) is 162 cm³/mol. The van der Waals surface area contributed by atoms with Crippen LogP contribution in [0.1, 0.15) is 31.0 Å². The molecule has 1 amide bonds. The Morgan fingerprint density at radius 1 is 1.26 bits per heavy atom. The molecule has 222 valence electrons. The van der Waals surface area contributed by atoms with Crippen LogP contribution in [0.15, 0.2) is 47.9 Å². The number of halogens is 2. The zero-order valence-electron chi connectivity index (χ0n) is 24.2. The van der Waals surface area contributed by atoms with E-state index in [-0.39, 0.29) is 57.9 Å². The molecule has 10 nitrogen and oxygen atoms in total. The molecule has 4 aromatic rings. The molecule has 1 atom stereocenters. The number of piperazine rings is 1. The summed E-state index contributed by atoms with van der Waals surface area (Å²) in [7, 11) is 1.43. The highest BCUT2D eigenvalue weighted by atomic mass is 35.5. The smallest absolute Gasteiger partial charge is 0.355 e. The third-order valence-electron chi connectivity index (χ3n) is 7.92. The highest BCUT2D eigenvalue weighted by Crippen LogP contribution is 2.47. The van der Waals surface area contributed by atoms with Gasteiger partial charge in [-0.2, -0.15) is 4.98 Å². The summed E-state index contributed by atoms with van der Waals surface area (Å²) < 4.78 is 28.8. The van der Waals surface area contributed by atoms with Crippen molar-refractivity contribution in [1.29, 1.82) is 0 Å². The summed E-state index contributed by atoms with van der Waals surface area (Å²) in [4.78, 5) is 44.3. The van der Waals surface area contributed by atoms with Gasteiger partial charge in [0, 0.05) is 25.8 Å². The van der Waals surface area contributed by atoms with Crippen LogP contribution >= 0.6 is 11.6 Å². The molecule has 3 aromatic heterocycles. The fourth-order valence-electron chi connectivity index (χ4n) is 5.87. The van der Waals surface area contributed by atoms with Gasteiger partial charge in [0.25, 0.3) is 0 Å². The van der Waals surface area contributed by atoms with Crippen molar-refractivity contribution < 1.29 is 18.7 Å². The first kappa shape index (κ1) is 28.6. The van der Waals surface area contributed by atoms with Gasteiger partial charge in [0.15, 0.2) is 11.4 Å². The van der Waals surface area contributed by atoms with Crippen LogP contribution < -0.4 is 20.1 Å². The zero-order chi connectivity index (χ0) is 30.6. The number of benzene rings is 1. The second-order valence-corrected chi connectivity index (χ2v) is 11.2. The number of carbonyl (C=O) groups excluding carboxylic acids is 1. The molecule has 0 aliphatic carbocycles. The number of hydrogen-bond donors (Lipinski definition) is 0. The Hall–Kier alpha value is -4.51. The fourth-order valence-corrected chi connectivity index (χ4v) is 6.15. The van der Waals surface area contributed by atoms with Crippen LogP contribution in [0.4, 0.5) is 10.2 Å². The summed E-state index contributed by atoms with van der Waals surface area (Å²) in [5.74, 6) is -0.0684.